The number of alkyl halides is 3. The first-order valence-corrected chi connectivity index (χ1v) is 10.7. The van der Waals surface area contributed by atoms with Crippen LogP contribution in [0.15, 0.2) is 29.0 Å². The molecule has 32 heavy (non-hydrogen) atoms. The molecular weight excluding hydrogens is 469 g/mol. The highest BCUT2D eigenvalue weighted by atomic mass is 32.1. The van der Waals surface area contributed by atoms with E-state index >= 15 is 0 Å². The van der Waals surface area contributed by atoms with E-state index in [4.69, 9.17) is 15.0 Å². The summed E-state index contributed by atoms with van der Waals surface area (Å²) in [5.74, 6) is 2.16. The standard InChI is InChI=1S/C18H20N2O3S2.C2HF3O2/c1-20(2,3)11-14(10-17(21)22)19-18(23)16-7-6-15(25-16)5-4-13-8-9-24-12-13;3-2(4,5)1(6)7/h6-9,12,14H,10-11H2,1-3H3,(H-,19,21,22,23);(H,6,7)/p+1/t14-;/m1./s1. The Morgan fingerprint density at radius 3 is 2.22 bits per heavy atom. The van der Waals surface area contributed by atoms with Crippen molar-refractivity contribution < 1.29 is 42.3 Å². The fraction of sp³-hybridized carbons (Fsp3) is 0.350. The van der Waals surface area contributed by atoms with E-state index in [0.29, 0.717) is 15.9 Å². The molecule has 0 spiro atoms. The van der Waals surface area contributed by atoms with E-state index < -0.39 is 24.2 Å². The number of amides is 1. The second kappa shape index (κ2) is 11.7. The topological polar surface area (TPSA) is 104 Å². The van der Waals surface area contributed by atoms with E-state index in [9.17, 15) is 22.8 Å². The number of halogens is 3. The zero-order valence-corrected chi connectivity index (χ0v) is 19.0. The van der Waals surface area contributed by atoms with Crippen LogP contribution in [0.4, 0.5) is 13.2 Å². The molecule has 12 heteroatoms. The van der Waals surface area contributed by atoms with Gasteiger partial charge in [-0.25, -0.2) is 4.79 Å². The minimum atomic E-state index is -5.08. The van der Waals surface area contributed by atoms with Crippen LogP contribution in [0.3, 0.4) is 0 Å². The molecule has 0 aliphatic rings. The minimum Gasteiger partial charge on any atom is -0.481 e. The van der Waals surface area contributed by atoms with Gasteiger partial charge in [-0.3, -0.25) is 9.59 Å². The summed E-state index contributed by atoms with van der Waals surface area (Å²) in [6.07, 6.45) is -5.18. The summed E-state index contributed by atoms with van der Waals surface area (Å²) in [6.45, 7) is 0.536. The predicted octanol–water partition coefficient (Wildman–Crippen LogP) is 3.12. The maximum Gasteiger partial charge on any atom is 0.490 e. The van der Waals surface area contributed by atoms with Crippen LogP contribution >= 0.6 is 22.7 Å². The van der Waals surface area contributed by atoms with E-state index in [2.05, 4.69) is 17.2 Å². The van der Waals surface area contributed by atoms with Gasteiger partial charge in [-0.2, -0.15) is 24.5 Å². The Kier molecular flexibility index (Phi) is 9.89. The molecule has 1 atom stereocenters. The first-order valence-electron chi connectivity index (χ1n) is 8.94. The van der Waals surface area contributed by atoms with Crippen molar-refractivity contribution in [3.05, 3.63) is 44.3 Å². The molecule has 2 rings (SSSR count). The van der Waals surface area contributed by atoms with E-state index in [1.54, 1.807) is 17.4 Å². The van der Waals surface area contributed by atoms with Gasteiger partial charge in [0.15, 0.2) is 0 Å². The Morgan fingerprint density at radius 2 is 1.75 bits per heavy atom. The number of thiophene rings is 2. The summed E-state index contributed by atoms with van der Waals surface area (Å²) < 4.78 is 32.3. The lowest BCUT2D eigenvalue weighted by Gasteiger charge is -2.29. The zero-order valence-electron chi connectivity index (χ0n) is 17.4. The molecule has 2 heterocycles. The van der Waals surface area contributed by atoms with Crippen LogP contribution in [0, 0.1) is 11.8 Å². The number of carboxylic acid groups (broad SMARTS) is 2. The zero-order chi connectivity index (χ0) is 24.5. The highest BCUT2D eigenvalue weighted by molar-refractivity contribution is 7.14. The molecule has 0 bridgehead atoms. The summed E-state index contributed by atoms with van der Waals surface area (Å²) in [5.41, 5.74) is 0.953. The Balaban J connectivity index is 0.000000633. The second-order valence-electron chi connectivity index (χ2n) is 7.47. The predicted molar refractivity (Wildman–Crippen MR) is 115 cm³/mol. The molecule has 1 amide bonds. The van der Waals surface area contributed by atoms with Gasteiger partial charge in [0.05, 0.1) is 49.9 Å². The van der Waals surface area contributed by atoms with Crippen LogP contribution in [0.25, 0.3) is 0 Å². The molecule has 7 nitrogen and oxygen atoms in total. The Morgan fingerprint density at radius 1 is 1.12 bits per heavy atom. The molecule has 2 aromatic rings. The molecule has 0 aliphatic carbocycles. The highest BCUT2D eigenvalue weighted by Crippen LogP contribution is 2.16. The summed E-state index contributed by atoms with van der Waals surface area (Å²) in [4.78, 5) is 33.7. The van der Waals surface area contributed by atoms with Gasteiger partial charge in [0.2, 0.25) is 0 Å². The van der Waals surface area contributed by atoms with Crippen LogP contribution in [0.2, 0.25) is 0 Å². The molecular formula is C20H22F3N2O5S2+. The number of rotatable bonds is 6. The van der Waals surface area contributed by atoms with Crippen molar-refractivity contribution in [3.8, 4) is 11.8 Å². The van der Waals surface area contributed by atoms with Crippen LogP contribution in [-0.4, -0.2) is 72.4 Å². The molecule has 0 radical (unpaired) electrons. The van der Waals surface area contributed by atoms with Gasteiger partial charge in [-0.15, -0.1) is 11.3 Å². The average molecular weight is 492 g/mol. The van der Waals surface area contributed by atoms with Gasteiger partial charge >= 0.3 is 18.1 Å². The summed E-state index contributed by atoms with van der Waals surface area (Å²) in [5, 5.41) is 22.9. The molecule has 0 aliphatic heterocycles. The maximum absolute atomic E-state index is 12.4. The van der Waals surface area contributed by atoms with E-state index in [-0.39, 0.29) is 12.3 Å². The molecule has 0 aromatic carbocycles. The number of hydrogen-bond donors (Lipinski definition) is 3. The Hall–Kier alpha value is -2.88. The van der Waals surface area contributed by atoms with Crippen LogP contribution in [0.5, 0.6) is 0 Å². The van der Waals surface area contributed by atoms with Gasteiger partial charge in [-0.05, 0) is 23.6 Å². The Labute approximate surface area is 190 Å². The summed E-state index contributed by atoms with van der Waals surface area (Å²) >= 11 is 2.90. The number of carboxylic acids is 2. The van der Waals surface area contributed by atoms with Crippen molar-refractivity contribution in [2.24, 2.45) is 0 Å². The Bertz CT molecular complexity index is 984. The minimum absolute atomic E-state index is 0.0997. The number of nitrogens with zero attached hydrogens (tertiary/aromatic N) is 1. The van der Waals surface area contributed by atoms with Crippen LogP contribution in [-0.2, 0) is 9.59 Å². The van der Waals surface area contributed by atoms with Gasteiger partial charge < -0.3 is 20.0 Å². The number of carbonyl (C=O) groups excluding carboxylic acids is 1. The first-order chi connectivity index (χ1) is 14.7. The first kappa shape index (κ1) is 27.2. The third-order valence-corrected chi connectivity index (χ3v) is 5.13. The summed E-state index contributed by atoms with van der Waals surface area (Å²) in [7, 11) is 5.89. The fourth-order valence-electron chi connectivity index (χ4n) is 2.29. The lowest BCUT2D eigenvalue weighted by molar-refractivity contribution is -0.871. The van der Waals surface area contributed by atoms with E-state index in [1.807, 2.05) is 44.0 Å². The molecule has 3 N–H and O–H groups in total. The smallest absolute Gasteiger partial charge is 0.481 e. The third kappa shape index (κ3) is 10.9. The molecule has 0 saturated carbocycles. The molecule has 0 fully saturated rings. The number of carbonyl (C=O) groups is 3. The van der Waals surface area contributed by atoms with Gasteiger partial charge in [-0.1, -0.05) is 11.8 Å². The van der Waals surface area contributed by atoms with Crippen LogP contribution < -0.4 is 5.32 Å². The molecule has 0 saturated heterocycles. The van der Waals surface area contributed by atoms with E-state index in [1.165, 1.54) is 11.3 Å². The fourth-order valence-corrected chi connectivity index (χ4v) is 3.64. The van der Waals surface area contributed by atoms with Crippen molar-refractivity contribution in [2.75, 3.05) is 27.7 Å². The monoisotopic (exact) mass is 491 g/mol. The van der Waals surface area contributed by atoms with Crippen molar-refractivity contribution in [1.82, 2.24) is 5.32 Å². The molecule has 0 unspecified atom stereocenters. The lowest BCUT2D eigenvalue weighted by Crippen LogP contribution is -2.49. The maximum atomic E-state index is 12.4. The number of nitrogens with one attached hydrogen (secondary N) is 1. The SMILES string of the molecule is C[N+](C)(C)C[C@@H](CC(=O)O)NC(=O)c1ccc(C#Cc2ccsc2)s1.O=C(O)C(F)(F)F. The number of hydrogen-bond acceptors (Lipinski definition) is 5. The molecule has 174 valence electrons. The number of quaternary nitrogens is 1. The number of likely N-dealkylation sites (N-methyl/N-ethyl adjacent to an activating group) is 1. The normalized spacial score (nSPS) is 11.9. The van der Waals surface area contributed by atoms with Gasteiger partial charge in [0.1, 0.15) is 0 Å². The quantitative estimate of drug-likeness (QED) is 0.426. The molecule has 2 aromatic heterocycles. The highest BCUT2D eigenvalue weighted by Gasteiger charge is 2.38. The van der Waals surface area contributed by atoms with Gasteiger partial charge in [0.25, 0.3) is 5.91 Å². The average Bonchev–Trinajstić information content (AvgIpc) is 3.29. The van der Waals surface area contributed by atoms with Crippen molar-refractivity contribution in [1.29, 1.82) is 0 Å². The van der Waals surface area contributed by atoms with Crippen molar-refractivity contribution >= 4 is 40.5 Å². The largest absolute Gasteiger partial charge is 0.490 e. The second-order valence-corrected chi connectivity index (χ2v) is 9.33. The van der Waals surface area contributed by atoms with Crippen molar-refractivity contribution in [2.45, 2.75) is 18.6 Å². The number of aliphatic carboxylic acids is 2. The van der Waals surface area contributed by atoms with Crippen LogP contribution in [0.1, 0.15) is 26.5 Å². The third-order valence-electron chi connectivity index (χ3n) is 3.45. The van der Waals surface area contributed by atoms with E-state index in [0.717, 1.165) is 10.4 Å². The lowest BCUT2D eigenvalue weighted by atomic mass is 10.2. The summed E-state index contributed by atoms with van der Waals surface area (Å²) in [6, 6.07) is 5.06. The van der Waals surface area contributed by atoms with Crippen molar-refractivity contribution in [3.63, 3.8) is 0 Å². The van der Waals surface area contributed by atoms with Gasteiger partial charge in [0, 0.05) is 10.9 Å².